The summed E-state index contributed by atoms with van der Waals surface area (Å²) in [6.45, 7) is 2.13. The summed E-state index contributed by atoms with van der Waals surface area (Å²) in [4.78, 5) is 15.3. The number of carboxylic acids is 1. The van der Waals surface area contributed by atoms with Crippen molar-refractivity contribution >= 4 is 5.97 Å². The summed E-state index contributed by atoms with van der Waals surface area (Å²) in [5, 5.41) is 8.99. The predicted molar refractivity (Wildman–Crippen MR) is 52.0 cm³/mol. The summed E-state index contributed by atoms with van der Waals surface area (Å²) in [6, 6.07) is 0. The standard InChI is InChI=1S/C11H13NO3/c1-5-4-7(5)10-12-8(6-2-3-6)9(15-10)11(13)14/h5-7H,2-4H2,1H3,(H,13,14). The third-order valence-corrected chi connectivity index (χ3v) is 3.25. The fraction of sp³-hybridized carbons (Fsp3) is 0.636. The lowest BCUT2D eigenvalue weighted by atomic mass is 10.2. The maximum absolute atomic E-state index is 11.0. The molecule has 0 aromatic carbocycles. The van der Waals surface area contributed by atoms with Crippen LogP contribution in [0, 0.1) is 5.92 Å². The molecule has 1 N–H and O–H groups in total. The van der Waals surface area contributed by atoms with Crippen LogP contribution in [0.2, 0.25) is 0 Å². The number of aromatic carboxylic acids is 1. The summed E-state index contributed by atoms with van der Waals surface area (Å²) >= 11 is 0. The number of hydrogen-bond donors (Lipinski definition) is 1. The Hall–Kier alpha value is -1.32. The highest BCUT2D eigenvalue weighted by molar-refractivity contribution is 5.86. The van der Waals surface area contributed by atoms with E-state index in [9.17, 15) is 4.79 Å². The molecular weight excluding hydrogens is 194 g/mol. The highest BCUT2D eigenvalue weighted by atomic mass is 16.4. The molecule has 1 aromatic rings. The molecule has 2 fully saturated rings. The number of nitrogens with zero attached hydrogens (tertiary/aromatic N) is 1. The van der Waals surface area contributed by atoms with Crippen molar-refractivity contribution in [1.29, 1.82) is 0 Å². The lowest BCUT2D eigenvalue weighted by Gasteiger charge is -1.89. The molecule has 0 aliphatic heterocycles. The smallest absolute Gasteiger partial charge is 0.373 e. The Balaban J connectivity index is 1.97. The fourth-order valence-electron chi connectivity index (χ4n) is 1.96. The van der Waals surface area contributed by atoms with Crippen molar-refractivity contribution in [2.24, 2.45) is 5.92 Å². The maximum Gasteiger partial charge on any atom is 0.373 e. The molecule has 2 aliphatic carbocycles. The Bertz CT molecular complexity index is 419. The molecule has 0 radical (unpaired) electrons. The van der Waals surface area contributed by atoms with E-state index in [2.05, 4.69) is 11.9 Å². The molecule has 3 rings (SSSR count). The molecule has 0 spiro atoms. The van der Waals surface area contributed by atoms with Gasteiger partial charge >= 0.3 is 5.97 Å². The van der Waals surface area contributed by atoms with Gasteiger partial charge in [0.2, 0.25) is 5.76 Å². The van der Waals surface area contributed by atoms with Gasteiger partial charge in [0.15, 0.2) is 5.89 Å². The van der Waals surface area contributed by atoms with Crippen molar-refractivity contribution in [2.45, 2.75) is 38.0 Å². The van der Waals surface area contributed by atoms with E-state index in [1.54, 1.807) is 0 Å². The third kappa shape index (κ3) is 1.44. The Morgan fingerprint density at radius 3 is 2.67 bits per heavy atom. The van der Waals surface area contributed by atoms with Crippen LogP contribution in [0.15, 0.2) is 4.42 Å². The molecule has 2 aliphatic rings. The van der Waals surface area contributed by atoms with Gasteiger partial charge in [0.25, 0.3) is 0 Å². The molecule has 0 bridgehead atoms. The van der Waals surface area contributed by atoms with Crippen molar-refractivity contribution in [3.05, 3.63) is 17.3 Å². The molecule has 4 heteroatoms. The predicted octanol–water partition coefficient (Wildman–Crippen LogP) is 2.37. The van der Waals surface area contributed by atoms with Crippen molar-refractivity contribution in [2.75, 3.05) is 0 Å². The number of carbonyl (C=O) groups is 1. The quantitative estimate of drug-likeness (QED) is 0.826. The second-order valence-electron chi connectivity index (χ2n) is 4.67. The van der Waals surface area contributed by atoms with E-state index < -0.39 is 5.97 Å². The first kappa shape index (κ1) is 8.95. The van der Waals surface area contributed by atoms with Crippen LogP contribution < -0.4 is 0 Å². The first-order chi connectivity index (χ1) is 7.16. The number of carboxylic acid groups (broad SMARTS) is 1. The summed E-state index contributed by atoms with van der Waals surface area (Å²) in [6.07, 6.45) is 3.17. The molecule has 1 heterocycles. The van der Waals surface area contributed by atoms with Crippen LogP contribution in [-0.2, 0) is 0 Å². The molecule has 0 amide bonds. The normalized spacial score (nSPS) is 29.1. The number of hydrogen-bond acceptors (Lipinski definition) is 3. The molecule has 2 saturated carbocycles. The molecule has 2 unspecified atom stereocenters. The third-order valence-electron chi connectivity index (χ3n) is 3.25. The van der Waals surface area contributed by atoms with Crippen LogP contribution in [0.3, 0.4) is 0 Å². The van der Waals surface area contributed by atoms with Crippen molar-refractivity contribution in [1.82, 2.24) is 4.98 Å². The van der Waals surface area contributed by atoms with E-state index in [1.165, 1.54) is 0 Å². The first-order valence-electron chi connectivity index (χ1n) is 5.40. The summed E-state index contributed by atoms with van der Waals surface area (Å²) in [5.41, 5.74) is 0.677. The average Bonchev–Trinajstić information content (AvgIpc) is 3.08. The maximum atomic E-state index is 11.0. The van der Waals surface area contributed by atoms with Crippen LogP contribution in [-0.4, -0.2) is 16.1 Å². The van der Waals surface area contributed by atoms with Crippen LogP contribution in [0.1, 0.15) is 60.2 Å². The first-order valence-corrected chi connectivity index (χ1v) is 5.40. The van der Waals surface area contributed by atoms with Gasteiger partial charge in [0.05, 0.1) is 5.69 Å². The van der Waals surface area contributed by atoms with Crippen molar-refractivity contribution in [3.63, 3.8) is 0 Å². The average molecular weight is 207 g/mol. The zero-order chi connectivity index (χ0) is 10.6. The van der Waals surface area contributed by atoms with E-state index in [0.717, 1.165) is 19.3 Å². The lowest BCUT2D eigenvalue weighted by molar-refractivity contribution is 0.0658. The number of aromatic nitrogens is 1. The molecule has 2 atom stereocenters. The highest BCUT2D eigenvalue weighted by Crippen LogP contribution is 2.49. The van der Waals surface area contributed by atoms with Gasteiger partial charge in [-0.05, 0) is 25.2 Å². The summed E-state index contributed by atoms with van der Waals surface area (Å²) < 4.78 is 5.36. The van der Waals surface area contributed by atoms with Gasteiger partial charge in [0.1, 0.15) is 0 Å². The van der Waals surface area contributed by atoms with Gasteiger partial charge < -0.3 is 9.52 Å². The molecule has 15 heavy (non-hydrogen) atoms. The van der Waals surface area contributed by atoms with Crippen LogP contribution in [0.5, 0.6) is 0 Å². The van der Waals surface area contributed by atoms with E-state index in [0.29, 0.717) is 29.3 Å². The lowest BCUT2D eigenvalue weighted by Crippen LogP contribution is -1.98. The second kappa shape index (κ2) is 2.84. The van der Waals surface area contributed by atoms with Gasteiger partial charge in [-0.15, -0.1) is 0 Å². The van der Waals surface area contributed by atoms with E-state index in [-0.39, 0.29) is 5.76 Å². The largest absolute Gasteiger partial charge is 0.475 e. The molecule has 4 nitrogen and oxygen atoms in total. The zero-order valence-corrected chi connectivity index (χ0v) is 8.56. The van der Waals surface area contributed by atoms with Gasteiger partial charge in [-0.25, -0.2) is 9.78 Å². The minimum absolute atomic E-state index is 0.0756. The monoisotopic (exact) mass is 207 g/mol. The Morgan fingerprint density at radius 2 is 2.20 bits per heavy atom. The van der Waals surface area contributed by atoms with E-state index >= 15 is 0 Å². The van der Waals surface area contributed by atoms with Gasteiger partial charge in [-0.3, -0.25) is 0 Å². The Labute approximate surface area is 87.3 Å². The van der Waals surface area contributed by atoms with Gasteiger partial charge in [0, 0.05) is 11.8 Å². The summed E-state index contributed by atoms with van der Waals surface area (Å²) in [5.74, 6) is 1.02. The topological polar surface area (TPSA) is 63.3 Å². The Kier molecular flexibility index (Phi) is 1.69. The van der Waals surface area contributed by atoms with Crippen LogP contribution >= 0.6 is 0 Å². The van der Waals surface area contributed by atoms with Crippen LogP contribution in [0.4, 0.5) is 0 Å². The van der Waals surface area contributed by atoms with Gasteiger partial charge in [-0.1, -0.05) is 6.92 Å². The van der Waals surface area contributed by atoms with Crippen LogP contribution in [0.25, 0.3) is 0 Å². The van der Waals surface area contributed by atoms with Crippen molar-refractivity contribution < 1.29 is 14.3 Å². The zero-order valence-electron chi connectivity index (χ0n) is 8.56. The van der Waals surface area contributed by atoms with E-state index in [1.807, 2.05) is 0 Å². The molecule has 80 valence electrons. The highest BCUT2D eigenvalue weighted by Gasteiger charge is 2.41. The summed E-state index contributed by atoms with van der Waals surface area (Å²) in [7, 11) is 0. The number of rotatable bonds is 3. The molecular formula is C11H13NO3. The molecule has 0 saturated heterocycles. The van der Waals surface area contributed by atoms with Crippen molar-refractivity contribution in [3.8, 4) is 0 Å². The minimum Gasteiger partial charge on any atom is -0.475 e. The number of oxazole rings is 1. The second-order valence-corrected chi connectivity index (χ2v) is 4.67. The fourth-order valence-corrected chi connectivity index (χ4v) is 1.96. The van der Waals surface area contributed by atoms with Gasteiger partial charge in [-0.2, -0.15) is 0 Å². The van der Waals surface area contributed by atoms with E-state index in [4.69, 9.17) is 9.52 Å². The SMILES string of the molecule is CC1CC1c1nc(C2CC2)c(C(=O)O)o1. The molecule has 1 aromatic heterocycles. The Morgan fingerprint density at radius 1 is 1.53 bits per heavy atom. The minimum atomic E-state index is -0.982.